The van der Waals surface area contributed by atoms with Crippen LogP contribution in [0, 0.1) is 0 Å². The molecule has 1 aromatic heterocycles. The third-order valence-electron chi connectivity index (χ3n) is 2.78. The van der Waals surface area contributed by atoms with Gasteiger partial charge in [0.1, 0.15) is 0 Å². The van der Waals surface area contributed by atoms with Gasteiger partial charge in [0.2, 0.25) is 0 Å². The minimum atomic E-state index is 0.608. The van der Waals surface area contributed by atoms with Crippen LogP contribution < -0.4 is 0 Å². The van der Waals surface area contributed by atoms with Crippen molar-refractivity contribution < 1.29 is 0 Å². The zero-order chi connectivity index (χ0) is 11.0. The predicted molar refractivity (Wildman–Crippen MR) is 78.3 cm³/mol. The number of H-pyrrole nitrogens is 1. The summed E-state index contributed by atoms with van der Waals surface area (Å²) in [5, 5.41) is 1.36. The van der Waals surface area contributed by atoms with Crippen LogP contribution in [0.1, 0.15) is 16.6 Å². The standard InChI is InChI=1S/C12H12BrNS2/c13-10-4-1-3-8-9(7-14-11(8)10)12-15-5-2-6-16-12/h1,3-4,7,12,14H,2,5-6H2. The van der Waals surface area contributed by atoms with E-state index in [2.05, 4.69) is 68.8 Å². The quantitative estimate of drug-likeness (QED) is 0.814. The van der Waals surface area contributed by atoms with E-state index in [-0.39, 0.29) is 0 Å². The average molecular weight is 314 g/mol. The molecular formula is C12H12BrNS2. The lowest BCUT2D eigenvalue weighted by Crippen LogP contribution is -1.99. The van der Waals surface area contributed by atoms with Crippen molar-refractivity contribution in [2.24, 2.45) is 0 Å². The van der Waals surface area contributed by atoms with E-state index in [0.29, 0.717) is 4.58 Å². The van der Waals surface area contributed by atoms with Gasteiger partial charge in [0.25, 0.3) is 0 Å². The first-order valence-electron chi connectivity index (χ1n) is 5.35. The lowest BCUT2D eigenvalue weighted by atomic mass is 10.2. The van der Waals surface area contributed by atoms with Crippen LogP contribution in [-0.4, -0.2) is 16.5 Å². The number of thioether (sulfide) groups is 2. The van der Waals surface area contributed by atoms with Gasteiger partial charge in [-0.25, -0.2) is 0 Å². The zero-order valence-electron chi connectivity index (χ0n) is 8.70. The van der Waals surface area contributed by atoms with Crippen molar-refractivity contribution in [1.29, 1.82) is 0 Å². The Morgan fingerprint density at radius 1 is 1.25 bits per heavy atom. The van der Waals surface area contributed by atoms with Crippen molar-refractivity contribution in [2.75, 3.05) is 11.5 Å². The summed E-state index contributed by atoms with van der Waals surface area (Å²) in [6.45, 7) is 0. The number of para-hydroxylation sites is 1. The van der Waals surface area contributed by atoms with Crippen LogP contribution in [0.3, 0.4) is 0 Å². The number of hydrogen-bond acceptors (Lipinski definition) is 2. The molecule has 1 fully saturated rings. The Kier molecular flexibility index (Phi) is 3.22. The van der Waals surface area contributed by atoms with E-state index in [1.165, 1.54) is 34.4 Å². The first kappa shape index (κ1) is 11.1. The Hall–Kier alpha value is -0.0600. The number of halogens is 1. The third kappa shape index (κ3) is 1.91. The van der Waals surface area contributed by atoms with Gasteiger partial charge in [-0.3, -0.25) is 0 Å². The molecule has 1 aromatic carbocycles. The highest BCUT2D eigenvalue weighted by molar-refractivity contribution is 9.10. The smallest absolute Gasteiger partial charge is 0.0771 e. The molecule has 0 spiro atoms. The highest BCUT2D eigenvalue weighted by Gasteiger charge is 2.20. The summed E-state index contributed by atoms with van der Waals surface area (Å²) >= 11 is 7.73. The fraction of sp³-hybridized carbons (Fsp3) is 0.333. The van der Waals surface area contributed by atoms with E-state index in [4.69, 9.17) is 0 Å². The minimum absolute atomic E-state index is 0.608. The van der Waals surface area contributed by atoms with Gasteiger partial charge in [-0.1, -0.05) is 12.1 Å². The molecule has 0 atom stereocenters. The molecule has 0 radical (unpaired) electrons. The van der Waals surface area contributed by atoms with E-state index in [9.17, 15) is 0 Å². The molecule has 2 aromatic rings. The maximum absolute atomic E-state index is 3.59. The molecule has 0 amide bonds. The van der Waals surface area contributed by atoms with Crippen LogP contribution in [-0.2, 0) is 0 Å². The molecule has 1 saturated heterocycles. The Morgan fingerprint density at radius 2 is 2.06 bits per heavy atom. The summed E-state index contributed by atoms with van der Waals surface area (Å²) in [4.78, 5) is 3.38. The highest BCUT2D eigenvalue weighted by atomic mass is 79.9. The van der Waals surface area contributed by atoms with Gasteiger partial charge in [-0.05, 0) is 39.9 Å². The molecule has 0 aliphatic carbocycles. The van der Waals surface area contributed by atoms with Crippen LogP contribution >= 0.6 is 39.5 Å². The Bertz CT molecular complexity index is 503. The zero-order valence-corrected chi connectivity index (χ0v) is 11.9. The molecule has 84 valence electrons. The van der Waals surface area contributed by atoms with Crippen molar-refractivity contribution in [2.45, 2.75) is 11.0 Å². The Balaban J connectivity index is 2.06. The van der Waals surface area contributed by atoms with E-state index in [0.717, 1.165) is 4.47 Å². The molecule has 2 heterocycles. The van der Waals surface area contributed by atoms with E-state index < -0.39 is 0 Å². The number of aromatic amines is 1. The van der Waals surface area contributed by atoms with Crippen LogP contribution in [0.25, 0.3) is 10.9 Å². The van der Waals surface area contributed by atoms with Crippen molar-refractivity contribution in [1.82, 2.24) is 4.98 Å². The van der Waals surface area contributed by atoms with Crippen molar-refractivity contribution in [3.05, 3.63) is 34.4 Å². The molecule has 1 aliphatic heterocycles. The van der Waals surface area contributed by atoms with E-state index in [1.807, 2.05) is 0 Å². The van der Waals surface area contributed by atoms with Crippen molar-refractivity contribution in [3.63, 3.8) is 0 Å². The highest BCUT2D eigenvalue weighted by Crippen LogP contribution is 2.46. The first-order valence-corrected chi connectivity index (χ1v) is 8.24. The first-order chi connectivity index (χ1) is 7.86. The maximum Gasteiger partial charge on any atom is 0.0771 e. The summed E-state index contributed by atoms with van der Waals surface area (Å²) in [5.74, 6) is 2.58. The van der Waals surface area contributed by atoms with Gasteiger partial charge in [0.05, 0.1) is 10.1 Å². The molecule has 1 N–H and O–H groups in total. The van der Waals surface area contributed by atoms with Gasteiger partial charge >= 0.3 is 0 Å². The monoisotopic (exact) mass is 313 g/mol. The van der Waals surface area contributed by atoms with Crippen LogP contribution in [0.4, 0.5) is 0 Å². The molecule has 0 unspecified atom stereocenters. The number of aromatic nitrogens is 1. The van der Waals surface area contributed by atoms with Crippen LogP contribution in [0.15, 0.2) is 28.9 Å². The molecule has 4 heteroatoms. The van der Waals surface area contributed by atoms with Gasteiger partial charge < -0.3 is 4.98 Å². The summed E-state index contributed by atoms with van der Waals surface area (Å²) < 4.78 is 1.76. The molecular weight excluding hydrogens is 302 g/mol. The van der Waals surface area contributed by atoms with Gasteiger partial charge in [-0.2, -0.15) is 0 Å². The Labute approximate surface area is 112 Å². The van der Waals surface area contributed by atoms with Gasteiger partial charge in [-0.15, -0.1) is 23.5 Å². The van der Waals surface area contributed by atoms with Gasteiger partial charge in [0, 0.05) is 21.6 Å². The second-order valence-electron chi connectivity index (χ2n) is 3.83. The number of nitrogens with one attached hydrogen (secondary N) is 1. The summed E-state index contributed by atoms with van der Waals surface area (Å²) in [6, 6.07) is 6.41. The molecule has 0 saturated carbocycles. The minimum Gasteiger partial charge on any atom is -0.360 e. The van der Waals surface area contributed by atoms with Gasteiger partial charge in [0.15, 0.2) is 0 Å². The fourth-order valence-corrected chi connectivity index (χ4v) is 5.43. The topological polar surface area (TPSA) is 15.8 Å². The molecule has 0 bridgehead atoms. The summed E-state index contributed by atoms with van der Waals surface area (Å²) in [6.07, 6.45) is 3.52. The average Bonchev–Trinajstić information content (AvgIpc) is 2.75. The SMILES string of the molecule is Brc1cccc2c(C3SCCCS3)c[nH]c12. The number of fused-ring (bicyclic) bond motifs is 1. The second kappa shape index (κ2) is 4.67. The van der Waals surface area contributed by atoms with E-state index in [1.54, 1.807) is 0 Å². The second-order valence-corrected chi connectivity index (χ2v) is 7.41. The van der Waals surface area contributed by atoms with E-state index >= 15 is 0 Å². The van der Waals surface area contributed by atoms with Crippen LogP contribution in [0.2, 0.25) is 0 Å². The molecule has 3 rings (SSSR count). The fourth-order valence-electron chi connectivity index (χ4n) is 2.00. The number of hydrogen-bond donors (Lipinski definition) is 1. The maximum atomic E-state index is 3.59. The third-order valence-corrected chi connectivity index (χ3v) is 6.42. The Morgan fingerprint density at radius 3 is 2.88 bits per heavy atom. The van der Waals surface area contributed by atoms with Crippen molar-refractivity contribution >= 4 is 50.4 Å². The number of benzene rings is 1. The lowest BCUT2D eigenvalue weighted by Gasteiger charge is -2.20. The lowest BCUT2D eigenvalue weighted by molar-refractivity contribution is 1.10. The molecule has 1 nitrogen and oxygen atoms in total. The normalized spacial score (nSPS) is 18.1. The number of rotatable bonds is 1. The molecule has 1 aliphatic rings. The predicted octanol–water partition coefficient (Wildman–Crippen LogP) is 4.80. The molecule has 16 heavy (non-hydrogen) atoms. The van der Waals surface area contributed by atoms with Crippen molar-refractivity contribution in [3.8, 4) is 0 Å². The summed E-state index contributed by atoms with van der Waals surface area (Å²) in [5.41, 5.74) is 2.68. The van der Waals surface area contributed by atoms with Crippen LogP contribution in [0.5, 0.6) is 0 Å². The summed E-state index contributed by atoms with van der Waals surface area (Å²) in [7, 11) is 0. The largest absolute Gasteiger partial charge is 0.360 e.